The molecule has 0 amide bonds. The van der Waals surface area contributed by atoms with Crippen molar-refractivity contribution >= 4 is 65.4 Å². The summed E-state index contributed by atoms with van der Waals surface area (Å²) in [6.07, 6.45) is 0. The van der Waals surface area contributed by atoms with E-state index in [0.29, 0.717) is 0 Å². The molecule has 0 fully saturated rings. The second kappa shape index (κ2) is 12.5. The average molecular weight is 726 g/mol. The van der Waals surface area contributed by atoms with Crippen molar-refractivity contribution in [3.63, 3.8) is 0 Å². The number of fused-ring (bicyclic) bond motifs is 9. The van der Waals surface area contributed by atoms with Crippen LogP contribution in [-0.2, 0) is 0 Å². The van der Waals surface area contributed by atoms with E-state index in [1.54, 1.807) is 0 Å². The van der Waals surface area contributed by atoms with Crippen LogP contribution in [-0.4, -0.2) is 13.7 Å². The Morgan fingerprint density at radius 1 is 0.228 bits per heavy atom. The highest BCUT2D eigenvalue weighted by molar-refractivity contribution is 6.16. The van der Waals surface area contributed by atoms with Crippen molar-refractivity contribution in [2.24, 2.45) is 0 Å². The van der Waals surface area contributed by atoms with Gasteiger partial charge in [0.25, 0.3) is 0 Å². The minimum absolute atomic E-state index is 1.14. The van der Waals surface area contributed by atoms with E-state index in [-0.39, 0.29) is 0 Å². The van der Waals surface area contributed by atoms with E-state index in [1.165, 1.54) is 87.7 Å². The van der Waals surface area contributed by atoms with Gasteiger partial charge in [0.05, 0.1) is 38.8 Å². The lowest BCUT2D eigenvalue weighted by Crippen LogP contribution is -2.01. The fourth-order valence-corrected chi connectivity index (χ4v) is 9.34. The van der Waals surface area contributed by atoms with Crippen molar-refractivity contribution in [3.8, 4) is 39.3 Å². The Hall–Kier alpha value is -7.62. The van der Waals surface area contributed by atoms with Gasteiger partial charge in [0.2, 0.25) is 0 Å². The summed E-state index contributed by atoms with van der Waals surface area (Å²) in [5, 5.41) is 7.45. The van der Waals surface area contributed by atoms with Crippen molar-refractivity contribution in [1.82, 2.24) is 13.7 Å². The Balaban J connectivity index is 1.08. The first-order valence-corrected chi connectivity index (χ1v) is 19.6. The van der Waals surface area contributed by atoms with Crippen LogP contribution in [0.2, 0.25) is 0 Å². The molecule has 3 heteroatoms. The summed E-state index contributed by atoms with van der Waals surface area (Å²) in [6.45, 7) is 0. The standard InChI is InChI=1S/C54H35N3/c1-2-15-36(16-3-1)37-17-12-18-38(33-37)39-19-13-20-40(34-39)55-48-26-8-7-24-45(48)47-35-41(31-32-52(47)55)56-49-27-9-6-23-44(49)46-25-14-30-53(54(46)56)57-50-28-10-4-21-42(50)43-22-5-11-29-51(43)57/h1-35H. The third-order valence-electron chi connectivity index (χ3n) is 11.8. The first kappa shape index (κ1) is 31.7. The smallest absolute Gasteiger partial charge is 0.0782 e. The molecule has 0 bridgehead atoms. The molecule has 0 aliphatic rings. The summed E-state index contributed by atoms with van der Waals surface area (Å²) in [6, 6.07) is 77.4. The fraction of sp³-hybridized carbons (Fsp3) is 0. The van der Waals surface area contributed by atoms with E-state index in [0.717, 1.165) is 17.1 Å². The largest absolute Gasteiger partial charge is 0.309 e. The number of benzene rings is 9. The van der Waals surface area contributed by atoms with Crippen LogP contribution in [0.5, 0.6) is 0 Å². The van der Waals surface area contributed by atoms with Gasteiger partial charge >= 0.3 is 0 Å². The predicted molar refractivity (Wildman–Crippen MR) is 240 cm³/mol. The number of para-hydroxylation sites is 5. The minimum Gasteiger partial charge on any atom is -0.309 e. The molecule has 0 saturated heterocycles. The molecule has 266 valence electrons. The molecule has 3 aromatic heterocycles. The molecule has 12 aromatic rings. The molecular weight excluding hydrogens is 691 g/mol. The normalized spacial score (nSPS) is 11.9. The Labute approximate surface area is 329 Å². The van der Waals surface area contributed by atoms with Crippen LogP contribution in [0.3, 0.4) is 0 Å². The first-order valence-electron chi connectivity index (χ1n) is 19.6. The molecule has 57 heavy (non-hydrogen) atoms. The van der Waals surface area contributed by atoms with Gasteiger partial charge < -0.3 is 13.7 Å². The molecule has 0 aliphatic carbocycles. The molecule has 3 nitrogen and oxygen atoms in total. The van der Waals surface area contributed by atoms with E-state index in [9.17, 15) is 0 Å². The SMILES string of the molecule is c1ccc(-c2cccc(-c3cccc(-n4c5ccccc5c5cc(-n6c7ccccc7c7cccc(-n8c9ccccc9c9ccccc98)c76)ccc54)c3)c2)cc1. The van der Waals surface area contributed by atoms with Crippen LogP contribution in [0.25, 0.3) is 105 Å². The average Bonchev–Trinajstić information content (AvgIpc) is 3.92. The summed E-state index contributed by atoms with van der Waals surface area (Å²) in [5.74, 6) is 0. The predicted octanol–water partition coefficient (Wildman–Crippen LogP) is 14.3. The lowest BCUT2D eigenvalue weighted by molar-refractivity contribution is 1.13. The van der Waals surface area contributed by atoms with Gasteiger partial charge in [0.15, 0.2) is 0 Å². The van der Waals surface area contributed by atoms with Crippen molar-refractivity contribution in [1.29, 1.82) is 0 Å². The molecule has 0 saturated carbocycles. The van der Waals surface area contributed by atoms with Crippen LogP contribution < -0.4 is 0 Å². The first-order chi connectivity index (χ1) is 28.3. The maximum Gasteiger partial charge on any atom is 0.0782 e. The third-order valence-corrected chi connectivity index (χ3v) is 11.8. The number of rotatable bonds is 5. The monoisotopic (exact) mass is 725 g/mol. The van der Waals surface area contributed by atoms with Crippen molar-refractivity contribution in [3.05, 3.63) is 212 Å². The van der Waals surface area contributed by atoms with E-state index >= 15 is 0 Å². The molecule has 9 aromatic carbocycles. The molecule has 0 atom stereocenters. The summed E-state index contributed by atoms with van der Waals surface area (Å²) in [4.78, 5) is 0. The Morgan fingerprint density at radius 3 is 1.35 bits per heavy atom. The topological polar surface area (TPSA) is 14.8 Å². The Kier molecular flexibility index (Phi) is 6.93. The molecule has 0 aliphatic heterocycles. The van der Waals surface area contributed by atoms with Crippen molar-refractivity contribution in [2.45, 2.75) is 0 Å². The number of aromatic nitrogens is 3. The third kappa shape index (κ3) is 4.79. The van der Waals surface area contributed by atoms with Gasteiger partial charge in [-0.15, -0.1) is 0 Å². The Bertz CT molecular complexity index is 3470. The number of hydrogen-bond acceptors (Lipinski definition) is 0. The number of nitrogens with zero attached hydrogens (tertiary/aromatic N) is 3. The van der Waals surface area contributed by atoms with E-state index < -0.39 is 0 Å². The van der Waals surface area contributed by atoms with Gasteiger partial charge in [-0.3, -0.25) is 0 Å². The van der Waals surface area contributed by atoms with Crippen molar-refractivity contribution in [2.75, 3.05) is 0 Å². The van der Waals surface area contributed by atoms with Gasteiger partial charge in [-0.2, -0.15) is 0 Å². The van der Waals surface area contributed by atoms with E-state index in [1.807, 2.05) is 0 Å². The molecule has 0 radical (unpaired) electrons. The van der Waals surface area contributed by atoms with Gasteiger partial charge in [0.1, 0.15) is 0 Å². The van der Waals surface area contributed by atoms with Crippen LogP contribution in [0.15, 0.2) is 212 Å². The fourth-order valence-electron chi connectivity index (χ4n) is 9.34. The minimum atomic E-state index is 1.14. The van der Waals surface area contributed by atoms with E-state index in [2.05, 4.69) is 226 Å². The maximum atomic E-state index is 2.48. The highest BCUT2D eigenvalue weighted by Gasteiger charge is 2.21. The molecule has 0 N–H and O–H groups in total. The van der Waals surface area contributed by atoms with Crippen LogP contribution in [0, 0.1) is 0 Å². The van der Waals surface area contributed by atoms with Gasteiger partial charge in [-0.05, 0) is 89.0 Å². The summed E-state index contributed by atoms with van der Waals surface area (Å²) >= 11 is 0. The second-order valence-electron chi connectivity index (χ2n) is 14.9. The highest BCUT2D eigenvalue weighted by Crippen LogP contribution is 2.41. The maximum absolute atomic E-state index is 2.48. The Morgan fingerprint density at radius 2 is 0.667 bits per heavy atom. The second-order valence-corrected chi connectivity index (χ2v) is 14.9. The van der Waals surface area contributed by atoms with Gasteiger partial charge in [0, 0.05) is 43.7 Å². The van der Waals surface area contributed by atoms with Crippen molar-refractivity contribution < 1.29 is 0 Å². The zero-order chi connectivity index (χ0) is 37.5. The quantitative estimate of drug-likeness (QED) is 0.168. The molecule has 0 spiro atoms. The molecule has 12 rings (SSSR count). The molecule has 0 unspecified atom stereocenters. The molecular formula is C54H35N3. The number of hydrogen-bond donors (Lipinski definition) is 0. The highest BCUT2D eigenvalue weighted by atomic mass is 15.1. The van der Waals surface area contributed by atoms with Crippen LogP contribution >= 0.6 is 0 Å². The zero-order valence-corrected chi connectivity index (χ0v) is 31.0. The van der Waals surface area contributed by atoms with Crippen LogP contribution in [0.4, 0.5) is 0 Å². The summed E-state index contributed by atoms with van der Waals surface area (Å²) < 4.78 is 7.36. The van der Waals surface area contributed by atoms with Gasteiger partial charge in [-0.25, -0.2) is 0 Å². The lowest BCUT2D eigenvalue weighted by atomic mass is 9.99. The zero-order valence-electron chi connectivity index (χ0n) is 31.0. The molecule has 3 heterocycles. The van der Waals surface area contributed by atoms with Gasteiger partial charge in [-0.1, -0.05) is 146 Å². The summed E-state index contributed by atoms with van der Waals surface area (Å²) in [5.41, 5.74) is 15.4. The van der Waals surface area contributed by atoms with Crippen LogP contribution in [0.1, 0.15) is 0 Å². The summed E-state index contributed by atoms with van der Waals surface area (Å²) in [7, 11) is 0. The van der Waals surface area contributed by atoms with E-state index in [4.69, 9.17) is 0 Å². The lowest BCUT2D eigenvalue weighted by Gasteiger charge is -2.15.